The minimum atomic E-state index is -0.260. The third kappa shape index (κ3) is 4.83. The molecule has 182 valence electrons. The van der Waals surface area contributed by atoms with Crippen molar-refractivity contribution < 1.29 is 9.47 Å². The zero-order chi connectivity index (χ0) is 24.4. The van der Waals surface area contributed by atoms with E-state index in [1.165, 1.54) is 10.7 Å². The minimum absolute atomic E-state index is 0.126. The van der Waals surface area contributed by atoms with Crippen molar-refractivity contribution in [3.63, 3.8) is 0 Å². The molecule has 9 heteroatoms. The molecule has 0 aliphatic carbocycles. The Bertz CT molecular complexity index is 1470. The first-order chi connectivity index (χ1) is 17.0. The lowest BCUT2D eigenvalue weighted by Crippen LogP contribution is -2.36. The highest BCUT2D eigenvalue weighted by Crippen LogP contribution is 2.20. The van der Waals surface area contributed by atoms with Gasteiger partial charge in [0.1, 0.15) is 0 Å². The molecule has 4 aromatic rings. The second-order valence-corrected chi connectivity index (χ2v) is 9.06. The summed E-state index contributed by atoms with van der Waals surface area (Å²) in [6.45, 7) is 4.45. The summed E-state index contributed by atoms with van der Waals surface area (Å²) in [4.78, 5) is 29.1. The van der Waals surface area contributed by atoms with Gasteiger partial charge in [0, 0.05) is 37.8 Å². The van der Waals surface area contributed by atoms with Gasteiger partial charge in [-0.3, -0.25) is 19.6 Å². The molecule has 0 spiro atoms. The van der Waals surface area contributed by atoms with E-state index in [1.807, 2.05) is 18.2 Å². The second-order valence-electron chi connectivity index (χ2n) is 8.63. The Kier molecular flexibility index (Phi) is 6.88. The lowest BCUT2D eigenvalue weighted by molar-refractivity contribution is 0.0340. The van der Waals surface area contributed by atoms with Crippen LogP contribution in [-0.4, -0.2) is 52.7 Å². The van der Waals surface area contributed by atoms with Crippen molar-refractivity contribution in [3.8, 4) is 5.69 Å². The summed E-state index contributed by atoms with van der Waals surface area (Å²) in [5.74, 6) is 0. The highest BCUT2D eigenvalue weighted by atomic mass is 35.5. The Morgan fingerprint density at radius 1 is 1.00 bits per heavy atom. The van der Waals surface area contributed by atoms with Crippen LogP contribution in [0, 0.1) is 0 Å². The lowest BCUT2D eigenvalue weighted by atomic mass is 10.1. The maximum atomic E-state index is 13.5. The fraction of sp³-hybridized carbons (Fsp3) is 0.308. The Labute approximate surface area is 207 Å². The molecule has 1 N–H and O–H groups in total. The SMILES string of the molecule is COCc1c2c(=O)n(-c3cccc(Cl)c3)[nH]c2cc(=O)n1Cc1ccccc1CN1CCOCC1. The molecule has 1 fully saturated rings. The number of halogens is 1. The molecule has 0 amide bonds. The fourth-order valence-corrected chi connectivity index (χ4v) is 4.79. The monoisotopic (exact) mass is 494 g/mol. The molecule has 3 heterocycles. The molecule has 1 aliphatic rings. The van der Waals surface area contributed by atoms with Crippen LogP contribution in [0.2, 0.25) is 5.02 Å². The van der Waals surface area contributed by atoms with Crippen LogP contribution < -0.4 is 11.1 Å². The van der Waals surface area contributed by atoms with Crippen LogP contribution in [0.4, 0.5) is 0 Å². The molecule has 0 radical (unpaired) electrons. The fourth-order valence-electron chi connectivity index (χ4n) is 4.60. The summed E-state index contributed by atoms with van der Waals surface area (Å²) < 4.78 is 14.0. The number of nitrogens with one attached hydrogen (secondary N) is 1. The summed E-state index contributed by atoms with van der Waals surface area (Å²) in [5, 5.41) is 4.01. The standard InChI is InChI=1S/C26H27ClN4O4/c1-34-17-23-25-22(28-31(26(25)33)21-8-4-7-20(27)13-21)14-24(32)30(23)16-19-6-3-2-5-18(19)15-29-9-11-35-12-10-29/h2-8,13-14,28H,9-12,15-17H2,1H3. The first kappa shape index (κ1) is 23.6. The van der Waals surface area contributed by atoms with Crippen molar-refractivity contribution in [2.75, 3.05) is 33.4 Å². The Hall–Kier alpha value is -3.17. The summed E-state index contributed by atoms with van der Waals surface area (Å²) >= 11 is 6.14. The maximum absolute atomic E-state index is 13.5. The van der Waals surface area contributed by atoms with Crippen LogP contribution in [0.15, 0.2) is 64.2 Å². The normalized spacial score (nSPS) is 14.6. The number of ether oxygens (including phenoxy) is 2. The van der Waals surface area contributed by atoms with Crippen molar-refractivity contribution in [2.45, 2.75) is 19.7 Å². The molecule has 2 aromatic heterocycles. The number of methoxy groups -OCH3 is 1. The van der Waals surface area contributed by atoms with E-state index in [0.29, 0.717) is 33.9 Å². The van der Waals surface area contributed by atoms with Gasteiger partial charge in [0.05, 0.1) is 48.6 Å². The minimum Gasteiger partial charge on any atom is -0.379 e. The zero-order valence-electron chi connectivity index (χ0n) is 19.5. The van der Waals surface area contributed by atoms with Gasteiger partial charge in [-0.05, 0) is 29.3 Å². The number of benzene rings is 2. The Morgan fingerprint density at radius 3 is 2.46 bits per heavy atom. The predicted octanol–water partition coefficient (Wildman–Crippen LogP) is 3.16. The quantitative estimate of drug-likeness (QED) is 0.427. The van der Waals surface area contributed by atoms with Crippen molar-refractivity contribution in [1.82, 2.24) is 19.2 Å². The highest BCUT2D eigenvalue weighted by molar-refractivity contribution is 6.30. The van der Waals surface area contributed by atoms with Crippen molar-refractivity contribution in [2.24, 2.45) is 0 Å². The van der Waals surface area contributed by atoms with Crippen LogP contribution in [0.1, 0.15) is 16.8 Å². The first-order valence-corrected chi connectivity index (χ1v) is 11.9. The number of hydrogen-bond donors (Lipinski definition) is 1. The topological polar surface area (TPSA) is 81.5 Å². The van der Waals surface area contributed by atoms with E-state index in [2.05, 4.69) is 16.1 Å². The van der Waals surface area contributed by atoms with E-state index < -0.39 is 0 Å². The number of nitrogens with zero attached hydrogens (tertiary/aromatic N) is 3. The molecule has 8 nitrogen and oxygen atoms in total. The highest BCUT2D eigenvalue weighted by Gasteiger charge is 2.19. The number of pyridine rings is 1. The molecule has 0 atom stereocenters. The molecule has 35 heavy (non-hydrogen) atoms. The van der Waals surface area contributed by atoms with E-state index >= 15 is 0 Å². The molecule has 1 aliphatic heterocycles. The average molecular weight is 495 g/mol. The largest absolute Gasteiger partial charge is 0.379 e. The van der Waals surface area contributed by atoms with Crippen LogP contribution in [0.25, 0.3) is 16.6 Å². The number of fused-ring (bicyclic) bond motifs is 1. The molecular weight excluding hydrogens is 468 g/mol. The van der Waals surface area contributed by atoms with Gasteiger partial charge in [-0.2, -0.15) is 0 Å². The van der Waals surface area contributed by atoms with Gasteiger partial charge in [0.15, 0.2) is 0 Å². The summed E-state index contributed by atoms with van der Waals surface area (Å²) in [5.41, 5.74) is 3.31. The molecule has 0 unspecified atom stereocenters. The average Bonchev–Trinajstić information content (AvgIpc) is 3.18. The molecule has 0 saturated carbocycles. The Morgan fingerprint density at radius 2 is 1.74 bits per heavy atom. The summed E-state index contributed by atoms with van der Waals surface area (Å²) in [6.07, 6.45) is 0. The third-order valence-electron chi connectivity index (χ3n) is 6.36. The van der Waals surface area contributed by atoms with Crippen molar-refractivity contribution in [3.05, 3.63) is 97.1 Å². The van der Waals surface area contributed by atoms with E-state index in [4.69, 9.17) is 21.1 Å². The number of aromatic nitrogens is 3. The summed E-state index contributed by atoms with van der Waals surface area (Å²) in [6, 6.07) is 16.6. The van der Waals surface area contributed by atoms with E-state index in [9.17, 15) is 9.59 Å². The van der Waals surface area contributed by atoms with E-state index in [1.54, 1.807) is 35.9 Å². The smallest absolute Gasteiger partial charge is 0.280 e. The molecule has 1 saturated heterocycles. The summed E-state index contributed by atoms with van der Waals surface area (Å²) in [7, 11) is 1.56. The number of rotatable bonds is 7. The number of H-pyrrole nitrogens is 1. The third-order valence-corrected chi connectivity index (χ3v) is 6.59. The van der Waals surface area contributed by atoms with E-state index in [0.717, 1.165) is 44.0 Å². The predicted molar refractivity (Wildman–Crippen MR) is 136 cm³/mol. The van der Waals surface area contributed by atoms with Gasteiger partial charge in [-0.1, -0.05) is 41.9 Å². The number of aromatic amines is 1. The van der Waals surface area contributed by atoms with Crippen LogP contribution in [-0.2, 0) is 29.2 Å². The van der Waals surface area contributed by atoms with Gasteiger partial charge in [0.2, 0.25) is 0 Å². The van der Waals surface area contributed by atoms with Gasteiger partial charge in [-0.15, -0.1) is 0 Å². The Balaban J connectivity index is 1.59. The van der Waals surface area contributed by atoms with Crippen LogP contribution in [0.3, 0.4) is 0 Å². The van der Waals surface area contributed by atoms with Gasteiger partial charge in [-0.25, -0.2) is 4.68 Å². The number of morpholine rings is 1. The molecule has 5 rings (SSSR count). The van der Waals surface area contributed by atoms with Gasteiger partial charge < -0.3 is 14.0 Å². The maximum Gasteiger partial charge on any atom is 0.280 e. The number of hydrogen-bond acceptors (Lipinski definition) is 5. The zero-order valence-corrected chi connectivity index (χ0v) is 20.3. The molecule has 0 bridgehead atoms. The van der Waals surface area contributed by atoms with Crippen molar-refractivity contribution in [1.29, 1.82) is 0 Å². The van der Waals surface area contributed by atoms with Gasteiger partial charge in [0.25, 0.3) is 11.1 Å². The van der Waals surface area contributed by atoms with E-state index in [-0.39, 0.29) is 17.7 Å². The second kappa shape index (κ2) is 10.2. The lowest BCUT2D eigenvalue weighted by Gasteiger charge is -2.27. The molecule has 2 aromatic carbocycles. The van der Waals surface area contributed by atoms with Crippen LogP contribution >= 0.6 is 11.6 Å². The van der Waals surface area contributed by atoms with Crippen LogP contribution in [0.5, 0.6) is 0 Å². The first-order valence-electron chi connectivity index (χ1n) is 11.5. The molecular formula is C26H27ClN4O4. The van der Waals surface area contributed by atoms with Crippen molar-refractivity contribution >= 4 is 22.5 Å². The van der Waals surface area contributed by atoms with Gasteiger partial charge >= 0.3 is 0 Å².